The zero-order chi connectivity index (χ0) is 18.0. The first-order valence-corrected chi connectivity index (χ1v) is 10.4. The van der Waals surface area contributed by atoms with Gasteiger partial charge in [-0.05, 0) is 12.8 Å². The van der Waals surface area contributed by atoms with Crippen molar-refractivity contribution in [1.29, 1.82) is 0 Å². The quantitative estimate of drug-likeness (QED) is 0.362. The van der Waals surface area contributed by atoms with Gasteiger partial charge in [0.2, 0.25) is 0 Å². The van der Waals surface area contributed by atoms with Gasteiger partial charge in [0.05, 0.1) is 12.5 Å². The number of unbranched alkanes of at least 4 members (excludes halogenated alkanes) is 11. The predicted octanol–water partition coefficient (Wildman–Crippen LogP) is 1.55. The highest BCUT2D eigenvalue weighted by molar-refractivity contribution is 7.86. The molecular formula is C16H35NO5S. The van der Waals surface area contributed by atoms with Crippen LogP contribution in [0.2, 0.25) is 0 Å². The lowest BCUT2D eigenvalue weighted by Crippen LogP contribution is -2.50. The molecule has 0 spiro atoms. The third-order valence-electron chi connectivity index (χ3n) is 3.40. The highest BCUT2D eigenvalue weighted by Gasteiger charge is 2.02. The Kier molecular flexibility index (Phi) is 18.9. The Labute approximate surface area is 141 Å². The van der Waals surface area contributed by atoms with Crippen molar-refractivity contribution in [2.45, 2.75) is 84.0 Å². The van der Waals surface area contributed by atoms with Gasteiger partial charge in [0.25, 0.3) is 10.1 Å². The average Bonchev–Trinajstić information content (AvgIpc) is 2.43. The molecule has 0 aliphatic carbocycles. The molecule has 0 aliphatic heterocycles. The van der Waals surface area contributed by atoms with Gasteiger partial charge in [-0.2, -0.15) is 8.42 Å². The molecule has 23 heavy (non-hydrogen) atoms. The van der Waals surface area contributed by atoms with Crippen LogP contribution in [0.3, 0.4) is 0 Å². The fourth-order valence-electron chi connectivity index (χ4n) is 2.17. The minimum absolute atomic E-state index is 1.12. The lowest BCUT2D eigenvalue weighted by molar-refractivity contribution is -0.368. The Morgan fingerprint density at radius 1 is 0.870 bits per heavy atom. The maximum absolute atomic E-state index is 9.58. The number of aliphatic carboxylic acids is 1. The van der Waals surface area contributed by atoms with Crippen molar-refractivity contribution in [2.75, 3.05) is 12.3 Å². The molecule has 6 nitrogen and oxygen atoms in total. The largest absolute Gasteiger partial charge is 0.549 e. The van der Waals surface area contributed by atoms with Crippen LogP contribution in [0.4, 0.5) is 0 Å². The van der Waals surface area contributed by atoms with E-state index in [9.17, 15) is 18.3 Å². The van der Waals surface area contributed by atoms with Crippen LogP contribution in [0.15, 0.2) is 0 Å². The van der Waals surface area contributed by atoms with E-state index in [1.165, 1.54) is 77.0 Å². The molecule has 0 fully saturated rings. The Morgan fingerprint density at radius 2 is 1.22 bits per heavy atom. The monoisotopic (exact) mass is 353 g/mol. The summed E-state index contributed by atoms with van der Waals surface area (Å²) in [6, 6.07) is 0. The summed E-state index contributed by atoms with van der Waals surface area (Å²) in [5.74, 6) is -3.15. The summed E-state index contributed by atoms with van der Waals surface area (Å²) in [5, 5.41) is 9.36. The summed E-state index contributed by atoms with van der Waals surface area (Å²) >= 11 is 0. The molecule has 0 unspecified atom stereocenters. The summed E-state index contributed by atoms with van der Waals surface area (Å²) in [5.41, 5.74) is 3.87. The van der Waals surface area contributed by atoms with E-state index in [-0.39, 0.29) is 0 Å². The molecule has 0 aliphatic rings. The van der Waals surface area contributed by atoms with Crippen molar-refractivity contribution in [2.24, 2.45) is 0 Å². The number of carboxylic acid groups (broad SMARTS) is 1. The van der Waals surface area contributed by atoms with Crippen LogP contribution >= 0.6 is 0 Å². The second-order valence-electron chi connectivity index (χ2n) is 5.84. The lowest BCUT2D eigenvalue weighted by atomic mass is 10.1. The van der Waals surface area contributed by atoms with Gasteiger partial charge in [0.15, 0.2) is 0 Å². The van der Waals surface area contributed by atoms with Crippen molar-refractivity contribution in [3.63, 3.8) is 0 Å². The Bertz CT molecular complexity index is 345. The number of hydrogen-bond acceptors (Lipinski definition) is 4. The van der Waals surface area contributed by atoms with Crippen LogP contribution < -0.4 is 10.8 Å². The van der Waals surface area contributed by atoms with E-state index < -0.39 is 21.8 Å². The SMILES string of the molecule is CCCCCCCCCCCCCC[NH3+].O=C([O-])CS(=O)(=O)O. The summed E-state index contributed by atoms with van der Waals surface area (Å²) in [7, 11) is -4.39. The molecule has 4 N–H and O–H groups in total. The van der Waals surface area contributed by atoms with E-state index in [2.05, 4.69) is 12.7 Å². The maximum Gasteiger partial charge on any atom is 0.270 e. The minimum Gasteiger partial charge on any atom is -0.549 e. The van der Waals surface area contributed by atoms with Gasteiger partial charge in [-0.1, -0.05) is 71.1 Å². The lowest BCUT2D eigenvalue weighted by Gasteiger charge is -2.01. The number of rotatable bonds is 14. The number of quaternary nitrogens is 1. The van der Waals surface area contributed by atoms with Crippen molar-refractivity contribution in [3.05, 3.63) is 0 Å². The Hall–Kier alpha value is -0.660. The van der Waals surface area contributed by atoms with Crippen LogP contribution in [-0.2, 0) is 14.9 Å². The summed E-state index contributed by atoms with van der Waals surface area (Å²) < 4.78 is 26.9. The number of hydrogen-bond donors (Lipinski definition) is 2. The summed E-state index contributed by atoms with van der Waals surface area (Å²) in [6.45, 7) is 3.41. The topological polar surface area (TPSA) is 122 Å². The molecule has 140 valence electrons. The van der Waals surface area contributed by atoms with Gasteiger partial charge >= 0.3 is 0 Å². The number of carboxylic acids is 1. The zero-order valence-electron chi connectivity index (χ0n) is 14.6. The fraction of sp³-hybridized carbons (Fsp3) is 0.938. The van der Waals surface area contributed by atoms with E-state index in [1.54, 1.807) is 0 Å². The average molecular weight is 354 g/mol. The normalized spacial score (nSPS) is 10.9. The second-order valence-corrected chi connectivity index (χ2v) is 7.29. The molecule has 0 aromatic rings. The van der Waals surface area contributed by atoms with E-state index in [0.717, 1.165) is 6.54 Å². The Morgan fingerprint density at radius 3 is 1.43 bits per heavy atom. The van der Waals surface area contributed by atoms with E-state index in [1.807, 2.05) is 0 Å². The minimum atomic E-state index is -4.39. The molecule has 0 bridgehead atoms. The standard InChI is InChI=1S/C14H31N.C2H4O5S/c1-2-3-4-5-6-7-8-9-10-11-12-13-14-15;3-2(4)1-8(5,6)7/h2-15H2,1H3;1H2,(H,3,4)(H,5,6,7). The Balaban J connectivity index is 0. The first-order valence-electron chi connectivity index (χ1n) is 8.77. The molecule has 0 saturated heterocycles. The van der Waals surface area contributed by atoms with Gasteiger partial charge < -0.3 is 15.6 Å². The molecule has 0 rings (SSSR count). The van der Waals surface area contributed by atoms with E-state index >= 15 is 0 Å². The van der Waals surface area contributed by atoms with Crippen LogP contribution in [0.25, 0.3) is 0 Å². The number of carbonyl (C=O) groups is 1. The van der Waals surface area contributed by atoms with Crippen molar-refractivity contribution in [3.8, 4) is 0 Å². The van der Waals surface area contributed by atoms with Gasteiger partial charge in [0.1, 0.15) is 5.75 Å². The van der Waals surface area contributed by atoms with Crippen LogP contribution in [0, 0.1) is 0 Å². The van der Waals surface area contributed by atoms with Gasteiger partial charge in [-0.3, -0.25) is 4.55 Å². The van der Waals surface area contributed by atoms with E-state index in [0.29, 0.717) is 0 Å². The third kappa shape index (κ3) is 29.9. The van der Waals surface area contributed by atoms with Crippen molar-refractivity contribution < 1.29 is 28.6 Å². The zero-order valence-corrected chi connectivity index (χ0v) is 15.4. The molecule has 0 saturated carbocycles. The van der Waals surface area contributed by atoms with Gasteiger partial charge in [0, 0.05) is 0 Å². The highest BCUT2D eigenvalue weighted by atomic mass is 32.2. The second kappa shape index (κ2) is 17.7. The first kappa shape index (κ1) is 24.6. The molecule has 0 aromatic carbocycles. The molecule has 0 amide bonds. The molecule has 0 aromatic heterocycles. The summed E-state index contributed by atoms with van der Waals surface area (Å²) in [4.78, 5) is 9.36. The fourth-order valence-corrected chi connectivity index (χ4v) is 2.46. The summed E-state index contributed by atoms with van der Waals surface area (Å²) in [6.07, 6.45) is 17.2. The van der Waals surface area contributed by atoms with Crippen molar-refractivity contribution in [1.82, 2.24) is 0 Å². The third-order valence-corrected chi connectivity index (χ3v) is 4.00. The van der Waals surface area contributed by atoms with Gasteiger partial charge in [-0.15, -0.1) is 0 Å². The van der Waals surface area contributed by atoms with E-state index in [4.69, 9.17) is 4.55 Å². The highest BCUT2D eigenvalue weighted by Crippen LogP contribution is 2.11. The molecule has 0 heterocycles. The molecular weight excluding hydrogens is 318 g/mol. The van der Waals surface area contributed by atoms with Gasteiger partial charge in [-0.25, -0.2) is 0 Å². The van der Waals surface area contributed by atoms with Crippen LogP contribution in [0.1, 0.15) is 84.0 Å². The molecule has 0 atom stereocenters. The van der Waals surface area contributed by atoms with Crippen LogP contribution in [-0.4, -0.2) is 31.2 Å². The van der Waals surface area contributed by atoms with Crippen molar-refractivity contribution >= 4 is 16.1 Å². The van der Waals surface area contributed by atoms with Crippen LogP contribution in [0.5, 0.6) is 0 Å². The predicted molar refractivity (Wildman–Crippen MR) is 90.3 cm³/mol. The number of carbonyl (C=O) groups excluding carboxylic acids is 1. The maximum atomic E-state index is 9.58. The first-order chi connectivity index (χ1) is 10.8. The molecule has 0 radical (unpaired) electrons. The molecule has 7 heteroatoms. The smallest absolute Gasteiger partial charge is 0.270 e.